The molecular formula is C6H12NS+. The van der Waals surface area contributed by atoms with Crippen LogP contribution in [0.4, 0.5) is 0 Å². The summed E-state index contributed by atoms with van der Waals surface area (Å²) in [5.74, 6) is 1.09. The van der Waals surface area contributed by atoms with Crippen molar-refractivity contribution < 1.29 is 0 Å². The van der Waals surface area contributed by atoms with Crippen LogP contribution in [0.2, 0.25) is 0 Å². The lowest BCUT2D eigenvalue weighted by Gasteiger charge is -1.86. The summed E-state index contributed by atoms with van der Waals surface area (Å²) in [5, 5.41) is 10.6. The maximum Gasteiger partial charge on any atom is 0.318 e. The summed E-state index contributed by atoms with van der Waals surface area (Å²) in [6, 6.07) is 0. The molecule has 0 spiro atoms. The Labute approximate surface area is 54.0 Å². The van der Waals surface area contributed by atoms with Gasteiger partial charge in [-0.1, -0.05) is 13.3 Å². The Morgan fingerprint density at radius 1 is 1.62 bits per heavy atom. The van der Waals surface area contributed by atoms with E-state index in [1.165, 1.54) is 12.8 Å². The molecule has 8 heavy (non-hydrogen) atoms. The van der Waals surface area contributed by atoms with E-state index in [2.05, 4.69) is 12.3 Å². The standard InChI is InChI=1S/C6H12NS/c1-3-4-5-8(2)6-7/h3-5H2,1-2H3/q+1. The van der Waals surface area contributed by atoms with Gasteiger partial charge in [0.05, 0.1) is 10.9 Å². The summed E-state index contributed by atoms with van der Waals surface area (Å²) < 4.78 is 0. The van der Waals surface area contributed by atoms with Crippen molar-refractivity contribution in [2.45, 2.75) is 19.8 Å². The smallest absolute Gasteiger partial charge is 0.136 e. The summed E-state index contributed by atoms with van der Waals surface area (Å²) >= 11 is 0. The van der Waals surface area contributed by atoms with E-state index in [4.69, 9.17) is 5.26 Å². The van der Waals surface area contributed by atoms with Crippen molar-refractivity contribution in [2.75, 3.05) is 12.0 Å². The first kappa shape index (κ1) is 7.84. The van der Waals surface area contributed by atoms with Gasteiger partial charge in [0.1, 0.15) is 12.0 Å². The quantitative estimate of drug-likeness (QED) is 0.419. The summed E-state index contributed by atoms with van der Waals surface area (Å²) in [7, 11) is 0.0287. The fraction of sp³-hybridized carbons (Fsp3) is 0.833. The van der Waals surface area contributed by atoms with E-state index in [0.717, 1.165) is 5.75 Å². The SMILES string of the molecule is CCCC[S+](C)C#N. The molecule has 0 amide bonds. The zero-order valence-corrected chi connectivity index (χ0v) is 6.29. The van der Waals surface area contributed by atoms with Crippen LogP contribution in [0.25, 0.3) is 0 Å². The second-order valence-electron chi connectivity index (χ2n) is 1.79. The molecule has 0 N–H and O–H groups in total. The van der Waals surface area contributed by atoms with E-state index in [1.54, 1.807) is 0 Å². The van der Waals surface area contributed by atoms with Crippen LogP contribution in [0.5, 0.6) is 0 Å². The largest absolute Gasteiger partial charge is 0.318 e. The summed E-state index contributed by atoms with van der Waals surface area (Å²) in [4.78, 5) is 0. The van der Waals surface area contributed by atoms with Crippen LogP contribution < -0.4 is 0 Å². The van der Waals surface area contributed by atoms with Gasteiger partial charge >= 0.3 is 5.40 Å². The Balaban J connectivity index is 3.02. The molecule has 2 heteroatoms. The Morgan fingerprint density at radius 3 is 2.62 bits per heavy atom. The molecule has 0 aromatic heterocycles. The molecule has 0 heterocycles. The average Bonchev–Trinajstić information content (AvgIpc) is 1.83. The molecule has 0 radical (unpaired) electrons. The molecule has 0 aliphatic carbocycles. The fourth-order valence-electron chi connectivity index (χ4n) is 0.406. The van der Waals surface area contributed by atoms with Gasteiger partial charge < -0.3 is 0 Å². The fourth-order valence-corrected chi connectivity index (χ4v) is 1.22. The van der Waals surface area contributed by atoms with Crippen molar-refractivity contribution in [1.82, 2.24) is 0 Å². The van der Waals surface area contributed by atoms with Crippen molar-refractivity contribution >= 4 is 10.9 Å². The van der Waals surface area contributed by atoms with E-state index in [0.29, 0.717) is 0 Å². The van der Waals surface area contributed by atoms with Gasteiger partial charge in [-0.15, -0.1) is 5.26 Å². The van der Waals surface area contributed by atoms with Crippen molar-refractivity contribution in [2.24, 2.45) is 0 Å². The van der Waals surface area contributed by atoms with Crippen LogP contribution in [-0.4, -0.2) is 12.0 Å². The normalized spacial score (nSPS) is 12.6. The second kappa shape index (κ2) is 4.99. The molecule has 1 unspecified atom stereocenters. The van der Waals surface area contributed by atoms with Gasteiger partial charge in [0.2, 0.25) is 0 Å². The number of unbranched alkanes of at least 4 members (excludes halogenated alkanes) is 1. The van der Waals surface area contributed by atoms with Gasteiger partial charge in [0.25, 0.3) is 0 Å². The van der Waals surface area contributed by atoms with Crippen molar-refractivity contribution in [1.29, 1.82) is 5.26 Å². The second-order valence-corrected chi connectivity index (χ2v) is 3.65. The third-order valence-corrected chi connectivity index (χ3v) is 2.17. The van der Waals surface area contributed by atoms with Crippen LogP contribution >= 0.6 is 0 Å². The highest BCUT2D eigenvalue weighted by molar-refractivity contribution is 8.00. The van der Waals surface area contributed by atoms with E-state index >= 15 is 0 Å². The van der Waals surface area contributed by atoms with Crippen LogP contribution in [0.1, 0.15) is 19.8 Å². The zero-order chi connectivity index (χ0) is 6.41. The Morgan fingerprint density at radius 2 is 2.25 bits per heavy atom. The first-order valence-electron chi connectivity index (χ1n) is 2.83. The number of nitriles is 1. The highest BCUT2D eigenvalue weighted by atomic mass is 32.2. The topological polar surface area (TPSA) is 23.8 Å². The van der Waals surface area contributed by atoms with Crippen LogP contribution in [0.3, 0.4) is 0 Å². The van der Waals surface area contributed by atoms with E-state index in [1.807, 2.05) is 6.26 Å². The van der Waals surface area contributed by atoms with E-state index < -0.39 is 0 Å². The van der Waals surface area contributed by atoms with Crippen LogP contribution in [0, 0.1) is 10.7 Å². The summed E-state index contributed by atoms with van der Waals surface area (Å²) in [5.41, 5.74) is 0. The van der Waals surface area contributed by atoms with Gasteiger partial charge in [0.15, 0.2) is 0 Å². The molecule has 0 aromatic carbocycles. The maximum absolute atomic E-state index is 8.32. The predicted molar refractivity (Wildman–Crippen MR) is 38.7 cm³/mol. The first-order valence-corrected chi connectivity index (χ1v) is 4.63. The molecule has 1 atom stereocenters. The molecular weight excluding hydrogens is 118 g/mol. The number of thiocyanates is 1. The molecule has 0 fully saturated rings. The lowest BCUT2D eigenvalue weighted by molar-refractivity contribution is 0.895. The third-order valence-electron chi connectivity index (χ3n) is 0.960. The minimum Gasteiger partial charge on any atom is -0.136 e. The Bertz CT molecular complexity index is 85.0. The zero-order valence-electron chi connectivity index (χ0n) is 5.48. The van der Waals surface area contributed by atoms with Crippen LogP contribution in [-0.2, 0) is 10.9 Å². The molecule has 0 aliphatic rings. The molecule has 0 aromatic rings. The molecule has 46 valence electrons. The van der Waals surface area contributed by atoms with Crippen LogP contribution in [0.15, 0.2) is 0 Å². The average molecular weight is 130 g/mol. The molecule has 0 rings (SSSR count). The Hall–Kier alpha value is -0.160. The number of hydrogen-bond acceptors (Lipinski definition) is 1. The lowest BCUT2D eigenvalue weighted by atomic mass is 10.4. The molecule has 0 aliphatic heterocycles. The predicted octanol–water partition coefficient (Wildman–Crippen LogP) is 1.52. The highest BCUT2D eigenvalue weighted by Crippen LogP contribution is 1.94. The Kier molecular flexibility index (Phi) is 4.89. The number of rotatable bonds is 3. The minimum absolute atomic E-state index is 0.0287. The summed E-state index contributed by atoms with van der Waals surface area (Å²) in [6.45, 7) is 2.15. The first-order chi connectivity index (χ1) is 3.81. The van der Waals surface area contributed by atoms with Crippen molar-refractivity contribution in [3.05, 3.63) is 0 Å². The van der Waals surface area contributed by atoms with Crippen molar-refractivity contribution in [3.8, 4) is 5.40 Å². The van der Waals surface area contributed by atoms with Gasteiger partial charge in [-0.2, -0.15) is 0 Å². The van der Waals surface area contributed by atoms with Gasteiger partial charge in [-0.05, 0) is 6.42 Å². The number of hydrogen-bond donors (Lipinski definition) is 0. The molecule has 0 saturated heterocycles. The molecule has 1 nitrogen and oxygen atoms in total. The van der Waals surface area contributed by atoms with Crippen molar-refractivity contribution in [3.63, 3.8) is 0 Å². The molecule has 0 saturated carbocycles. The monoisotopic (exact) mass is 130 g/mol. The van der Waals surface area contributed by atoms with Gasteiger partial charge in [-0.3, -0.25) is 0 Å². The van der Waals surface area contributed by atoms with Gasteiger partial charge in [0, 0.05) is 0 Å². The maximum atomic E-state index is 8.32. The molecule has 0 bridgehead atoms. The number of nitrogens with zero attached hydrogens (tertiary/aromatic N) is 1. The lowest BCUT2D eigenvalue weighted by Crippen LogP contribution is -1.99. The van der Waals surface area contributed by atoms with E-state index in [9.17, 15) is 0 Å². The van der Waals surface area contributed by atoms with Gasteiger partial charge in [-0.25, -0.2) is 0 Å². The summed E-state index contributed by atoms with van der Waals surface area (Å²) in [6.07, 6.45) is 4.40. The highest BCUT2D eigenvalue weighted by Gasteiger charge is 2.06. The third kappa shape index (κ3) is 4.01. The minimum atomic E-state index is 0.0287. The van der Waals surface area contributed by atoms with E-state index in [-0.39, 0.29) is 10.9 Å².